The van der Waals surface area contributed by atoms with Gasteiger partial charge in [-0.1, -0.05) is 42.5 Å². The van der Waals surface area contributed by atoms with Crippen LogP contribution in [0.15, 0.2) is 42.5 Å². The lowest BCUT2D eigenvalue weighted by molar-refractivity contribution is -0.136. The van der Waals surface area contributed by atoms with Crippen LogP contribution >= 0.6 is 0 Å². The van der Waals surface area contributed by atoms with Crippen LogP contribution in [0.2, 0.25) is 0 Å². The molecule has 0 aliphatic heterocycles. The maximum absolute atomic E-state index is 11.9. The molecule has 0 radical (unpaired) electrons. The molecule has 0 aliphatic rings. The second-order valence-electron chi connectivity index (χ2n) is 3.61. The van der Waals surface area contributed by atoms with Crippen LogP contribution < -0.4 is 0 Å². The van der Waals surface area contributed by atoms with Crippen molar-refractivity contribution in [2.24, 2.45) is 0 Å². The Morgan fingerprint density at radius 3 is 2.44 bits per heavy atom. The van der Waals surface area contributed by atoms with Crippen molar-refractivity contribution >= 4 is 16.8 Å². The Hall–Kier alpha value is -1.42. The van der Waals surface area contributed by atoms with Gasteiger partial charge in [-0.3, -0.25) is 9.00 Å². The normalized spacial score (nSPS) is 14.1. The number of carboxylic acids is 1. The van der Waals surface area contributed by atoms with Gasteiger partial charge in [0.15, 0.2) is 5.25 Å². The van der Waals surface area contributed by atoms with Crippen LogP contribution in [0.4, 0.5) is 0 Å². The highest BCUT2D eigenvalue weighted by molar-refractivity contribution is 7.86. The average molecular weight is 238 g/mol. The van der Waals surface area contributed by atoms with E-state index in [9.17, 15) is 9.00 Å². The Kier molecular flexibility index (Phi) is 4.43. The van der Waals surface area contributed by atoms with Crippen LogP contribution in [0, 0.1) is 0 Å². The predicted molar refractivity (Wildman–Crippen MR) is 64.6 cm³/mol. The zero-order valence-corrected chi connectivity index (χ0v) is 9.87. The third-order valence-electron chi connectivity index (χ3n) is 1.98. The molecular weight excluding hydrogens is 224 g/mol. The molecule has 0 saturated carbocycles. The molecule has 1 aromatic carbocycles. The lowest BCUT2D eigenvalue weighted by Crippen LogP contribution is -2.19. The number of benzene rings is 1. The van der Waals surface area contributed by atoms with E-state index in [-0.39, 0.29) is 5.75 Å². The summed E-state index contributed by atoms with van der Waals surface area (Å²) < 4.78 is 11.9. The molecule has 0 saturated heterocycles. The van der Waals surface area contributed by atoms with Gasteiger partial charge in [0.25, 0.3) is 0 Å². The van der Waals surface area contributed by atoms with Crippen LogP contribution in [-0.2, 0) is 15.6 Å². The Balaban J connectivity index is 2.97. The summed E-state index contributed by atoms with van der Waals surface area (Å²) in [4.78, 5) is 11.1. The van der Waals surface area contributed by atoms with Crippen molar-refractivity contribution in [1.82, 2.24) is 0 Å². The Morgan fingerprint density at radius 2 is 2.00 bits per heavy atom. The Morgan fingerprint density at radius 1 is 1.44 bits per heavy atom. The fourth-order valence-electron chi connectivity index (χ4n) is 1.36. The SMILES string of the molecule is C=C(C)CS(=O)C(C(=O)O)c1ccccc1. The van der Waals surface area contributed by atoms with E-state index in [1.54, 1.807) is 37.3 Å². The monoisotopic (exact) mass is 238 g/mol. The molecule has 16 heavy (non-hydrogen) atoms. The Labute approximate surface area is 97.3 Å². The molecule has 0 fully saturated rings. The third kappa shape index (κ3) is 3.31. The summed E-state index contributed by atoms with van der Waals surface area (Å²) in [5.74, 6) is -0.850. The van der Waals surface area contributed by atoms with E-state index >= 15 is 0 Å². The van der Waals surface area contributed by atoms with Crippen LogP contribution in [0.1, 0.15) is 17.7 Å². The van der Waals surface area contributed by atoms with Crippen LogP contribution in [0.3, 0.4) is 0 Å². The molecule has 2 unspecified atom stereocenters. The molecule has 0 aliphatic carbocycles. The van der Waals surface area contributed by atoms with Crippen molar-refractivity contribution in [3.63, 3.8) is 0 Å². The Bertz CT molecular complexity index is 412. The highest BCUT2D eigenvalue weighted by atomic mass is 32.2. The van der Waals surface area contributed by atoms with Crippen molar-refractivity contribution in [1.29, 1.82) is 0 Å². The standard InChI is InChI=1S/C12H14O3S/c1-9(2)8-16(15)11(12(13)14)10-6-4-3-5-7-10/h3-7,11H,1,8H2,2H3,(H,13,14). The first-order valence-corrected chi connectivity index (χ1v) is 6.20. The molecule has 1 rings (SSSR count). The molecule has 0 heterocycles. The summed E-state index contributed by atoms with van der Waals surface area (Å²) in [7, 11) is -1.47. The van der Waals surface area contributed by atoms with Gasteiger partial charge in [-0.15, -0.1) is 0 Å². The van der Waals surface area contributed by atoms with E-state index in [0.29, 0.717) is 5.56 Å². The molecule has 0 amide bonds. The van der Waals surface area contributed by atoms with E-state index < -0.39 is 22.0 Å². The van der Waals surface area contributed by atoms with E-state index in [1.807, 2.05) is 0 Å². The maximum atomic E-state index is 11.9. The minimum absolute atomic E-state index is 0.214. The minimum atomic E-state index is -1.47. The lowest BCUT2D eigenvalue weighted by atomic mass is 10.1. The van der Waals surface area contributed by atoms with E-state index in [2.05, 4.69) is 6.58 Å². The summed E-state index contributed by atoms with van der Waals surface area (Å²) in [6, 6.07) is 8.63. The molecule has 1 aromatic rings. The fraction of sp³-hybridized carbons (Fsp3) is 0.250. The number of carbonyl (C=O) groups is 1. The van der Waals surface area contributed by atoms with Gasteiger partial charge in [0, 0.05) is 16.6 Å². The summed E-state index contributed by atoms with van der Waals surface area (Å²) in [5.41, 5.74) is 1.29. The number of hydrogen-bond acceptors (Lipinski definition) is 2. The highest BCUT2D eigenvalue weighted by Gasteiger charge is 2.26. The van der Waals surface area contributed by atoms with Crippen LogP contribution in [0.5, 0.6) is 0 Å². The molecule has 3 nitrogen and oxygen atoms in total. The molecule has 0 spiro atoms. The van der Waals surface area contributed by atoms with Gasteiger partial charge in [0.05, 0.1) is 0 Å². The second kappa shape index (κ2) is 5.61. The van der Waals surface area contributed by atoms with Crippen molar-refractivity contribution < 1.29 is 14.1 Å². The zero-order chi connectivity index (χ0) is 12.1. The molecular formula is C12H14O3S. The lowest BCUT2D eigenvalue weighted by Gasteiger charge is -2.12. The molecule has 0 bridgehead atoms. The first kappa shape index (κ1) is 12.6. The maximum Gasteiger partial charge on any atom is 0.323 e. The zero-order valence-electron chi connectivity index (χ0n) is 9.05. The smallest absolute Gasteiger partial charge is 0.323 e. The quantitative estimate of drug-likeness (QED) is 0.799. The third-order valence-corrected chi connectivity index (χ3v) is 3.76. The van der Waals surface area contributed by atoms with Gasteiger partial charge in [0.2, 0.25) is 0 Å². The van der Waals surface area contributed by atoms with Gasteiger partial charge < -0.3 is 5.11 Å². The molecule has 1 N–H and O–H groups in total. The summed E-state index contributed by atoms with van der Waals surface area (Å²) in [6.45, 7) is 5.38. The van der Waals surface area contributed by atoms with Gasteiger partial charge >= 0.3 is 5.97 Å². The number of rotatable bonds is 5. The molecule has 86 valence electrons. The first-order chi connectivity index (χ1) is 7.52. The van der Waals surface area contributed by atoms with Crippen LogP contribution in [0.25, 0.3) is 0 Å². The highest BCUT2D eigenvalue weighted by Crippen LogP contribution is 2.21. The number of aliphatic carboxylic acids is 1. The minimum Gasteiger partial charge on any atom is -0.480 e. The number of hydrogen-bond donors (Lipinski definition) is 1. The molecule has 2 atom stereocenters. The van der Waals surface area contributed by atoms with E-state index in [1.165, 1.54) is 0 Å². The fourth-order valence-corrected chi connectivity index (χ4v) is 2.70. The largest absolute Gasteiger partial charge is 0.480 e. The van der Waals surface area contributed by atoms with Gasteiger partial charge in [-0.2, -0.15) is 0 Å². The summed E-state index contributed by atoms with van der Waals surface area (Å²) in [5, 5.41) is 8.11. The topological polar surface area (TPSA) is 54.4 Å². The predicted octanol–water partition coefficient (Wildman–Crippen LogP) is 2.14. The molecule has 4 heteroatoms. The van der Waals surface area contributed by atoms with Crippen molar-refractivity contribution in [2.45, 2.75) is 12.2 Å². The number of carboxylic acid groups (broad SMARTS) is 1. The van der Waals surface area contributed by atoms with Crippen molar-refractivity contribution in [3.05, 3.63) is 48.0 Å². The van der Waals surface area contributed by atoms with E-state index in [4.69, 9.17) is 5.11 Å². The first-order valence-electron chi connectivity index (χ1n) is 4.81. The summed E-state index contributed by atoms with van der Waals surface area (Å²) in [6.07, 6.45) is 0. The van der Waals surface area contributed by atoms with Gasteiger partial charge in [-0.25, -0.2) is 0 Å². The van der Waals surface area contributed by atoms with Crippen molar-refractivity contribution in [3.8, 4) is 0 Å². The summed E-state index contributed by atoms with van der Waals surface area (Å²) >= 11 is 0. The van der Waals surface area contributed by atoms with Crippen LogP contribution in [-0.4, -0.2) is 21.0 Å². The second-order valence-corrected chi connectivity index (χ2v) is 5.13. The van der Waals surface area contributed by atoms with E-state index in [0.717, 1.165) is 5.57 Å². The average Bonchev–Trinajstić information content (AvgIpc) is 2.17. The van der Waals surface area contributed by atoms with Gasteiger partial charge in [-0.05, 0) is 12.5 Å². The molecule has 0 aromatic heterocycles. The van der Waals surface area contributed by atoms with Crippen molar-refractivity contribution in [2.75, 3.05) is 5.75 Å². The van der Waals surface area contributed by atoms with Gasteiger partial charge in [0.1, 0.15) is 0 Å².